The van der Waals surface area contributed by atoms with Crippen LogP contribution in [0.1, 0.15) is 82.6 Å². The van der Waals surface area contributed by atoms with Gasteiger partial charge in [0.2, 0.25) is 5.69 Å². The fraction of sp³-hybridized carbons (Fsp3) is 0.341. The number of aryl methyl sites for hydroxylation is 1. The summed E-state index contributed by atoms with van der Waals surface area (Å²) in [7, 11) is 2.20. The van der Waals surface area contributed by atoms with Crippen LogP contribution in [0, 0.1) is 0 Å². The number of allylic oxidation sites excluding steroid dienone is 9. The maximum atomic E-state index is 7.20. The Morgan fingerprint density at radius 1 is 0.886 bits per heavy atom. The van der Waals surface area contributed by atoms with Crippen LogP contribution >= 0.6 is 11.6 Å². The maximum Gasteiger partial charge on any atom is 0.210 e. The zero-order chi connectivity index (χ0) is 30.8. The lowest BCUT2D eigenvalue weighted by Crippen LogP contribution is -2.27. The number of rotatable bonds is 4. The summed E-state index contributed by atoms with van der Waals surface area (Å²) in [5.41, 5.74) is 13.4. The molecule has 0 saturated carbocycles. The van der Waals surface area contributed by atoms with E-state index in [1.807, 2.05) is 0 Å². The average Bonchev–Trinajstić information content (AvgIpc) is 3.37. The number of hydrogen-bond donors (Lipinski definition) is 0. The van der Waals surface area contributed by atoms with Crippen LogP contribution in [0.2, 0.25) is 0 Å². The maximum absolute atomic E-state index is 7.20. The van der Waals surface area contributed by atoms with Crippen molar-refractivity contribution in [3.63, 3.8) is 0 Å². The number of hydrogen-bond acceptors (Lipinski definition) is 1. The van der Waals surface area contributed by atoms with Crippen molar-refractivity contribution in [2.24, 2.45) is 0 Å². The second-order valence-electron chi connectivity index (χ2n) is 13.9. The van der Waals surface area contributed by atoms with Crippen molar-refractivity contribution in [2.45, 2.75) is 77.6 Å². The summed E-state index contributed by atoms with van der Waals surface area (Å²) in [5.74, 6) is 0. The summed E-state index contributed by atoms with van der Waals surface area (Å²) in [5, 5.41) is 3.56. The summed E-state index contributed by atoms with van der Waals surface area (Å²) < 4.78 is 2.36. The Morgan fingerprint density at radius 3 is 2.52 bits per heavy atom. The van der Waals surface area contributed by atoms with Crippen LogP contribution in [0.3, 0.4) is 0 Å². The predicted octanol–water partition coefficient (Wildman–Crippen LogP) is 10.7. The Hall–Kier alpha value is -3.62. The zero-order valence-corrected chi connectivity index (χ0v) is 27.9. The Kier molecular flexibility index (Phi) is 7.13. The van der Waals surface area contributed by atoms with Crippen LogP contribution in [0.15, 0.2) is 101 Å². The normalized spacial score (nSPS) is 22.1. The van der Waals surface area contributed by atoms with Gasteiger partial charge in [0.05, 0.1) is 5.41 Å². The average molecular weight is 600 g/mol. The monoisotopic (exact) mass is 599 g/mol. The zero-order valence-electron chi connectivity index (χ0n) is 27.1. The van der Waals surface area contributed by atoms with Gasteiger partial charge in [0.15, 0.2) is 5.71 Å². The van der Waals surface area contributed by atoms with Gasteiger partial charge in [0, 0.05) is 46.1 Å². The van der Waals surface area contributed by atoms with E-state index in [0.29, 0.717) is 0 Å². The molecule has 3 aromatic rings. The lowest BCUT2D eigenvalue weighted by molar-refractivity contribution is -0.401. The molecule has 0 N–H and O–H groups in total. The number of fused-ring (bicyclic) bond motifs is 6. The second kappa shape index (κ2) is 10.8. The number of likely N-dealkylation sites (N-methyl/N-ethyl adjacent to an activating group) is 1. The van der Waals surface area contributed by atoms with Gasteiger partial charge in [0.1, 0.15) is 7.05 Å². The highest BCUT2D eigenvalue weighted by Gasteiger charge is 2.44. The van der Waals surface area contributed by atoms with Crippen LogP contribution in [0.25, 0.3) is 16.8 Å². The minimum absolute atomic E-state index is 0.0719. The summed E-state index contributed by atoms with van der Waals surface area (Å²) in [6, 6.07) is 18.0. The lowest BCUT2D eigenvalue weighted by atomic mass is 9.78. The standard InChI is InChI=1S/C41H44ClN2/c1-7-44-34-24-20-28-14-9-11-18-32(28)38(34)41(4,5)36(44)26-22-30-16-12-15-29(39(30)42)21-25-35-40(2,3)37-31-17-10-8-13-27(31)19-23-33(37)43(35)6/h8,10-11,13,17-26H,7,9,12,14-16H2,1-6H3/q+1. The Bertz CT molecular complexity index is 1890. The summed E-state index contributed by atoms with van der Waals surface area (Å²) in [6.07, 6.45) is 19.4. The van der Waals surface area contributed by atoms with Crippen molar-refractivity contribution >= 4 is 45.5 Å². The molecule has 0 bridgehead atoms. The molecule has 2 nitrogen and oxygen atoms in total. The third kappa shape index (κ3) is 4.40. The highest BCUT2D eigenvalue weighted by molar-refractivity contribution is 6.32. The minimum atomic E-state index is -0.104. The Balaban J connectivity index is 1.22. The molecule has 224 valence electrons. The van der Waals surface area contributed by atoms with E-state index in [2.05, 4.69) is 136 Å². The van der Waals surface area contributed by atoms with Crippen LogP contribution in [0.5, 0.6) is 0 Å². The van der Waals surface area contributed by atoms with Crippen LogP contribution in [-0.2, 0) is 17.3 Å². The summed E-state index contributed by atoms with van der Waals surface area (Å²) in [4.78, 5) is 2.51. The SMILES string of the molecule is CCN1/C(=C/C=C2\CCCC(/C=C/C3=[N+](C)c4ccc5ccccc5c4C3(C)C)=C2Cl)C(C)(C)c2c1ccc1c2C=CCC1. The smallest absolute Gasteiger partial charge is 0.210 e. The van der Waals surface area contributed by atoms with E-state index in [9.17, 15) is 0 Å². The van der Waals surface area contributed by atoms with E-state index in [1.165, 1.54) is 67.0 Å². The van der Waals surface area contributed by atoms with Gasteiger partial charge in [-0.3, -0.25) is 0 Å². The van der Waals surface area contributed by atoms with Crippen molar-refractivity contribution in [3.05, 3.63) is 123 Å². The molecule has 0 saturated heterocycles. The van der Waals surface area contributed by atoms with Gasteiger partial charge in [-0.25, -0.2) is 0 Å². The van der Waals surface area contributed by atoms with E-state index >= 15 is 0 Å². The van der Waals surface area contributed by atoms with Gasteiger partial charge in [-0.2, -0.15) is 4.58 Å². The molecular formula is C41H44ClN2+. The van der Waals surface area contributed by atoms with E-state index < -0.39 is 0 Å². The molecule has 4 aliphatic rings. The minimum Gasteiger partial charge on any atom is -0.344 e. The third-order valence-electron chi connectivity index (χ3n) is 10.6. The van der Waals surface area contributed by atoms with E-state index in [-0.39, 0.29) is 10.8 Å². The number of nitrogens with zero attached hydrogens (tertiary/aromatic N) is 2. The van der Waals surface area contributed by atoms with Crippen molar-refractivity contribution in [1.29, 1.82) is 0 Å². The van der Waals surface area contributed by atoms with Crippen LogP contribution in [0.4, 0.5) is 11.4 Å². The molecule has 2 aliphatic heterocycles. The largest absolute Gasteiger partial charge is 0.344 e. The summed E-state index contributed by atoms with van der Waals surface area (Å²) >= 11 is 7.20. The van der Waals surface area contributed by atoms with Gasteiger partial charge < -0.3 is 4.90 Å². The first-order valence-electron chi connectivity index (χ1n) is 16.4. The quantitative estimate of drug-likeness (QED) is 0.270. The van der Waals surface area contributed by atoms with Crippen molar-refractivity contribution in [2.75, 3.05) is 18.5 Å². The van der Waals surface area contributed by atoms with Gasteiger partial charge in [-0.1, -0.05) is 80.1 Å². The topological polar surface area (TPSA) is 6.25 Å². The summed E-state index contributed by atoms with van der Waals surface area (Å²) in [6.45, 7) is 12.7. The third-order valence-corrected chi connectivity index (χ3v) is 11.1. The molecule has 3 heteroatoms. The lowest BCUT2D eigenvalue weighted by Gasteiger charge is -2.27. The number of anilines is 1. The van der Waals surface area contributed by atoms with Crippen molar-refractivity contribution in [1.82, 2.24) is 0 Å². The van der Waals surface area contributed by atoms with Gasteiger partial charge in [-0.15, -0.1) is 0 Å². The molecule has 0 spiro atoms. The molecule has 0 aromatic heterocycles. The molecule has 2 aliphatic carbocycles. The molecular weight excluding hydrogens is 556 g/mol. The Labute approximate surface area is 268 Å². The second-order valence-corrected chi connectivity index (χ2v) is 14.2. The number of halogens is 1. The first kappa shape index (κ1) is 29.1. The highest BCUT2D eigenvalue weighted by atomic mass is 35.5. The predicted molar refractivity (Wildman–Crippen MR) is 190 cm³/mol. The van der Waals surface area contributed by atoms with Crippen LogP contribution in [-0.4, -0.2) is 23.9 Å². The van der Waals surface area contributed by atoms with E-state index in [4.69, 9.17) is 11.6 Å². The first-order chi connectivity index (χ1) is 21.1. The van der Waals surface area contributed by atoms with Crippen LogP contribution < -0.4 is 4.90 Å². The van der Waals surface area contributed by atoms with Gasteiger partial charge in [0.25, 0.3) is 0 Å². The van der Waals surface area contributed by atoms with Crippen molar-refractivity contribution < 1.29 is 4.58 Å². The number of benzene rings is 3. The molecule has 0 atom stereocenters. The molecule has 0 fully saturated rings. The molecule has 7 rings (SSSR count). The molecule has 0 unspecified atom stereocenters. The fourth-order valence-electron chi connectivity index (χ4n) is 8.38. The molecule has 3 aromatic carbocycles. The van der Waals surface area contributed by atoms with Crippen molar-refractivity contribution in [3.8, 4) is 0 Å². The van der Waals surface area contributed by atoms with Gasteiger partial charge in [-0.05, 0) is 110 Å². The highest BCUT2D eigenvalue weighted by Crippen LogP contribution is 2.51. The Morgan fingerprint density at radius 2 is 1.70 bits per heavy atom. The molecule has 2 heterocycles. The fourth-order valence-corrected chi connectivity index (χ4v) is 8.69. The van der Waals surface area contributed by atoms with E-state index in [1.54, 1.807) is 0 Å². The molecule has 0 amide bonds. The van der Waals surface area contributed by atoms with Gasteiger partial charge >= 0.3 is 0 Å². The molecule has 44 heavy (non-hydrogen) atoms. The molecule has 0 radical (unpaired) electrons. The first-order valence-corrected chi connectivity index (χ1v) is 16.7. The van der Waals surface area contributed by atoms with E-state index in [0.717, 1.165) is 43.7 Å².